The predicted molar refractivity (Wildman–Crippen MR) is 73.1 cm³/mol. The first kappa shape index (κ1) is 12.7. The maximum Gasteiger partial charge on any atom is 0.274 e. The number of likely N-dealkylation sites (tertiary alicyclic amines) is 1. The minimum absolute atomic E-state index is 0.0944. The number of fused-ring (bicyclic) bond motifs is 1. The van der Waals surface area contributed by atoms with Crippen LogP contribution in [0, 0.1) is 11.8 Å². The third-order valence-electron chi connectivity index (χ3n) is 4.40. The van der Waals surface area contributed by atoms with Gasteiger partial charge in [0.25, 0.3) is 5.91 Å². The molecule has 2 atom stereocenters. The van der Waals surface area contributed by atoms with Gasteiger partial charge in [0.2, 0.25) is 0 Å². The van der Waals surface area contributed by atoms with Crippen molar-refractivity contribution in [3.8, 4) is 0 Å². The van der Waals surface area contributed by atoms with Crippen molar-refractivity contribution in [1.29, 1.82) is 0 Å². The van der Waals surface area contributed by atoms with Gasteiger partial charge in [0, 0.05) is 38.9 Å². The van der Waals surface area contributed by atoms with Gasteiger partial charge in [-0.3, -0.25) is 9.48 Å². The van der Waals surface area contributed by atoms with Crippen LogP contribution in [0.25, 0.3) is 0 Å². The van der Waals surface area contributed by atoms with Crippen molar-refractivity contribution in [2.75, 3.05) is 26.2 Å². The summed E-state index contributed by atoms with van der Waals surface area (Å²) in [5.74, 6) is 1.76. The second-order valence-electron chi connectivity index (χ2n) is 6.12. The van der Waals surface area contributed by atoms with Crippen molar-refractivity contribution in [2.24, 2.45) is 18.9 Å². The van der Waals surface area contributed by atoms with E-state index in [-0.39, 0.29) is 5.91 Å². The number of carbonyl (C=O) groups excluding carboxylic acids is 1. The first-order valence-electron chi connectivity index (χ1n) is 7.10. The molecule has 1 N–H and O–H groups in total. The maximum absolute atomic E-state index is 12.5. The molecular weight excluding hydrogens is 240 g/mol. The minimum atomic E-state index is 0.0944. The van der Waals surface area contributed by atoms with E-state index in [9.17, 15) is 4.79 Å². The molecule has 2 fully saturated rings. The molecule has 0 spiro atoms. The normalized spacial score (nSPS) is 26.2. The van der Waals surface area contributed by atoms with E-state index in [0.717, 1.165) is 31.9 Å². The Morgan fingerprint density at radius 1 is 1.37 bits per heavy atom. The number of hydrogen-bond donors (Lipinski definition) is 1. The van der Waals surface area contributed by atoms with Gasteiger partial charge in [-0.25, -0.2) is 0 Å². The number of aromatic nitrogens is 2. The number of nitrogens with one attached hydrogen (secondary N) is 1. The van der Waals surface area contributed by atoms with Crippen LogP contribution in [0.5, 0.6) is 0 Å². The Hall–Kier alpha value is -1.36. The average Bonchev–Trinajstić information content (AvgIpc) is 2.99. The van der Waals surface area contributed by atoms with Crippen LogP contribution in [0.15, 0.2) is 6.07 Å². The Morgan fingerprint density at radius 3 is 2.53 bits per heavy atom. The van der Waals surface area contributed by atoms with E-state index in [0.29, 0.717) is 23.4 Å². The number of amides is 1. The lowest BCUT2D eigenvalue weighted by atomic mass is 10.0. The van der Waals surface area contributed by atoms with Crippen LogP contribution in [0.3, 0.4) is 0 Å². The standard InChI is InChI=1S/C14H22N4O/c1-9(2)13-4-12(16-17(13)3)14(19)18-7-10-5-15-6-11(10)8-18/h4,9-11,15H,5-8H2,1-3H3/t10-,11+. The SMILES string of the molecule is CC(C)c1cc(C(=O)N2C[C@H]3CNC[C@H]3C2)nn1C. The number of nitrogens with zero attached hydrogens (tertiary/aromatic N) is 3. The summed E-state index contributed by atoms with van der Waals surface area (Å²) in [6, 6.07) is 1.94. The second-order valence-corrected chi connectivity index (χ2v) is 6.12. The zero-order valence-electron chi connectivity index (χ0n) is 11.9. The summed E-state index contributed by atoms with van der Waals surface area (Å²) in [7, 11) is 1.91. The third-order valence-corrected chi connectivity index (χ3v) is 4.40. The molecule has 19 heavy (non-hydrogen) atoms. The summed E-state index contributed by atoms with van der Waals surface area (Å²) in [6.45, 7) is 8.10. The Kier molecular flexibility index (Phi) is 3.09. The van der Waals surface area contributed by atoms with Crippen molar-refractivity contribution in [3.63, 3.8) is 0 Å². The lowest BCUT2D eigenvalue weighted by Crippen LogP contribution is -2.32. The van der Waals surface area contributed by atoms with Crippen LogP contribution in [0.4, 0.5) is 0 Å². The number of carbonyl (C=O) groups is 1. The van der Waals surface area contributed by atoms with E-state index in [1.165, 1.54) is 0 Å². The van der Waals surface area contributed by atoms with Gasteiger partial charge in [-0.05, 0) is 23.8 Å². The second kappa shape index (κ2) is 4.63. The lowest BCUT2D eigenvalue weighted by Gasteiger charge is -2.15. The molecule has 104 valence electrons. The molecule has 5 nitrogen and oxygen atoms in total. The molecule has 1 amide bonds. The average molecular weight is 262 g/mol. The Labute approximate surface area is 114 Å². The summed E-state index contributed by atoms with van der Waals surface area (Å²) in [5.41, 5.74) is 1.71. The van der Waals surface area contributed by atoms with Gasteiger partial charge in [-0.2, -0.15) is 5.10 Å². The molecule has 2 aliphatic rings. The molecule has 1 aromatic rings. The fourth-order valence-electron chi connectivity index (χ4n) is 3.31. The van der Waals surface area contributed by atoms with Crippen molar-refractivity contribution >= 4 is 5.91 Å². The topological polar surface area (TPSA) is 50.2 Å². The Balaban J connectivity index is 1.76. The van der Waals surface area contributed by atoms with E-state index in [4.69, 9.17) is 0 Å². The van der Waals surface area contributed by atoms with Crippen LogP contribution in [0.1, 0.15) is 35.9 Å². The summed E-state index contributed by atoms with van der Waals surface area (Å²) in [5, 5.41) is 7.77. The van der Waals surface area contributed by atoms with Crippen LogP contribution in [0.2, 0.25) is 0 Å². The van der Waals surface area contributed by atoms with Crippen molar-refractivity contribution in [1.82, 2.24) is 20.0 Å². The van der Waals surface area contributed by atoms with Gasteiger partial charge in [-0.15, -0.1) is 0 Å². The number of rotatable bonds is 2. The Bertz CT molecular complexity index is 482. The molecule has 2 aliphatic heterocycles. The highest BCUT2D eigenvalue weighted by atomic mass is 16.2. The van der Waals surface area contributed by atoms with Gasteiger partial charge in [0.1, 0.15) is 0 Å². The zero-order chi connectivity index (χ0) is 13.6. The molecule has 0 bridgehead atoms. The van der Waals surface area contributed by atoms with E-state index in [1.54, 1.807) is 0 Å². The largest absolute Gasteiger partial charge is 0.337 e. The fraction of sp³-hybridized carbons (Fsp3) is 0.714. The van der Waals surface area contributed by atoms with Crippen LogP contribution in [-0.4, -0.2) is 46.8 Å². The highest BCUT2D eigenvalue weighted by Gasteiger charge is 2.38. The lowest BCUT2D eigenvalue weighted by molar-refractivity contribution is 0.0775. The van der Waals surface area contributed by atoms with Crippen LogP contribution < -0.4 is 5.32 Å². The van der Waals surface area contributed by atoms with Crippen molar-refractivity contribution in [2.45, 2.75) is 19.8 Å². The quantitative estimate of drug-likeness (QED) is 0.859. The maximum atomic E-state index is 12.5. The molecule has 3 heterocycles. The first-order valence-corrected chi connectivity index (χ1v) is 7.10. The minimum Gasteiger partial charge on any atom is -0.337 e. The first-order chi connectivity index (χ1) is 9.06. The monoisotopic (exact) mass is 262 g/mol. The Morgan fingerprint density at radius 2 is 2.00 bits per heavy atom. The number of aryl methyl sites for hydroxylation is 1. The van der Waals surface area contributed by atoms with E-state index >= 15 is 0 Å². The summed E-state index contributed by atoms with van der Waals surface area (Å²) in [4.78, 5) is 14.5. The molecule has 5 heteroatoms. The molecule has 0 radical (unpaired) electrons. The number of hydrogen-bond acceptors (Lipinski definition) is 3. The van der Waals surface area contributed by atoms with Gasteiger partial charge in [0.05, 0.1) is 0 Å². The molecular formula is C14H22N4O. The van der Waals surface area contributed by atoms with E-state index in [2.05, 4.69) is 24.3 Å². The zero-order valence-corrected chi connectivity index (χ0v) is 11.9. The highest BCUT2D eigenvalue weighted by Crippen LogP contribution is 2.27. The van der Waals surface area contributed by atoms with Crippen LogP contribution >= 0.6 is 0 Å². The van der Waals surface area contributed by atoms with Crippen molar-refractivity contribution in [3.05, 3.63) is 17.5 Å². The third kappa shape index (κ3) is 2.16. The summed E-state index contributed by atoms with van der Waals surface area (Å²) >= 11 is 0. The smallest absolute Gasteiger partial charge is 0.274 e. The van der Waals surface area contributed by atoms with E-state index < -0.39 is 0 Å². The van der Waals surface area contributed by atoms with Gasteiger partial charge >= 0.3 is 0 Å². The van der Waals surface area contributed by atoms with Crippen molar-refractivity contribution < 1.29 is 4.79 Å². The molecule has 2 saturated heterocycles. The molecule has 0 unspecified atom stereocenters. The summed E-state index contributed by atoms with van der Waals surface area (Å²) in [6.07, 6.45) is 0. The molecule has 0 saturated carbocycles. The molecule has 0 aromatic carbocycles. The fourth-order valence-corrected chi connectivity index (χ4v) is 3.31. The predicted octanol–water partition coefficient (Wildman–Crippen LogP) is 0.835. The molecule has 1 aromatic heterocycles. The summed E-state index contributed by atoms with van der Waals surface area (Å²) < 4.78 is 1.83. The highest BCUT2D eigenvalue weighted by molar-refractivity contribution is 5.92. The van der Waals surface area contributed by atoms with Gasteiger partial charge < -0.3 is 10.2 Å². The van der Waals surface area contributed by atoms with Gasteiger partial charge in [0.15, 0.2) is 5.69 Å². The van der Waals surface area contributed by atoms with Crippen LogP contribution in [-0.2, 0) is 7.05 Å². The van der Waals surface area contributed by atoms with E-state index in [1.807, 2.05) is 22.7 Å². The molecule has 3 rings (SSSR count). The van der Waals surface area contributed by atoms with Gasteiger partial charge in [-0.1, -0.05) is 13.8 Å². The molecule has 0 aliphatic carbocycles.